The van der Waals surface area contributed by atoms with Crippen LogP contribution in [0.1, 0.15) is 44.7 Å². The summed E-state index contributed by atoms with van der Waals surface area (Å²) < 4.78 is 19.0. The first kappa shape index (κ1) is 30.1. The summed E-state index contributed by atoms with van der Waals surface area (Å²) in [5, 5.41) is 16.1. The summed E-state index contributed by atoms with van der Waals surface area (Å²) in [5.74, 6) is -1.07. The Morgan fingerprint density at radius 2 is 1.52 bits per heavy atom. The number of halogens is 1. The van der Waals surface area contributed by atoms with Crippen molar-refractivity contribution in [1.29, 1.82) is 0 Å². The molecule has 0 bridgehead atoms. The lowest BCUT2D eigenvalue weighted by Gasteiger charge is -2.18. The number of carboxylic acids is 1. The summed E-state index contributed by atoms with van der Waals surface area (Å²) >= 11 is 0. The third-order valence-electron chi connectivity index (χ3n) is 6.64. The van der Waals surface area contributed by atoms with Crippen LogP contribution in [-0.2, 0) is 11.2 Å². The number of carbonyl (C=O) groups is 3. The number of ether oxygens (including phenoxy) is 1. The predicted molar refractivity (Wildman–Crippen MR) is 160 cm³/mol. The molecule has 0 spiro atoms. The Hall–Kier alpha value is -4.82. The average Bonchev–Trinajstić information content (AvgIpc) is 3.01. The minimum atomic E-state index is -1.03. The normalized spacial score (nSPS) is 11.5. The number of benzene rings is 4. The molecule has 0 radical (unpaired) electrons. The highest BCUT2D eigenvalue weighted by molar-refractivity contribution is 6.12. The van der Waals surface area contributed by atoms with Crippen molar-refractivity contribution >= 4 is 23.2 Å². The van der Waals surface area contributed by atoms with Crippen LogP contribution in [-0.4, -0.2) is 48.4 Å². The highest BCUT2D eigenvalue weighted by atomic mass is 19.1. The van der Waals surface area contributed by atoms with Crippen LogP contribution in [0, 0.1) is 5.82 Å². The van der Waals surface area contributed by atoms with Crippen molar-refractivity contribution in [1.82, 2.24) is 5.32 Å². The van der Waals surface area contributed by atoms with Gasteiger partial charge in [-0.1, -0.05) is 66.7 Å². The van der Waals surface area contributed by atoms with Crippen molar-refractivity contribution in [2.45, 2.75) is 25.3 Å². The Morgan fingerprint density at radius 1 is 0.810 bits per heavy atom. The number of hydrogen-bond donors (Lipinski definition) is 3. The molecule has 216 valence electrons. The van der Waals surface area contributed by atoms with Gasteiger partial charge < -0.3 is 20.5 Å². The molecule has 7 nitrogen and oxygen atoms in total. The number of hydrogen-bond acceptors (Lipinski definition) is 6. The minimum Gasteiger partial charge on any atom is -0.494 e. The van der Waals surface area contributed by atoms with Crippen LogP contribution in [0.5, 0.6) is 5.75 Å². The van der Waals surface area contributed by atoms with Gasteiger partial charge in [-0.3, -0.25) is 9.59 Å². The van der Waals surface area contributed by atoms with Gasteiger partial charge >= 0.3 is 5.97 Å². The SMILES string of the molecule is O=C(CCNCCCOc1ccc(CC(Nc2ccccc2C(=O)c2ccccc2)C(=O)O)cc1)c1cccc(F)c1. The molecule has 0 aliphatic heterocycles. The van der Waals surface area contributed by atoms with Crippen LogP contribution in [0.3, 0.4) is 0 Å². The van der Waals surface area contributed by atoms with Crippen molar-refractivity contribution < 1.29 is 28.6 Å². The zero-order chi connectivity index (χ0) is 29.7. The number of ketones is 2. The molecular weight excluding hydrogens is 535 g/mol. The smallest absolute Gasteiger partial charge is 0.326 e. The van der Waals surface area contributed by atoms with Crippen LogP contribution in [0.25, 0.3) is 0 Å². The van der Waals surface area contributed by atoms with Gasteiger partial charge in [-0.2, -0.15) is 0 Å². The molecule has 42 heavy (non-hydrogen) atoms. The number of carbonyl (C=O) groups excluding carboxylic acids is 2. The lowest BCUT2D eigenvalue weighted by atomic mass is 10.00. The maximum Gasteiger partial charge on any atom is 0.326 e. The van der Waals surface area contributed by atoms with E-state index < -0.39 is 17.8 Å². The molecule has 3 N–H and O–H groups in total. The third kappa shape index (κ3) is 8.84. The standard InChI is InChI=1S/C34H33FN2O5/c35-27-11-6-10-26(23-27)32(38)18-20-36-19-7-21-42-28-16-14-24(15-17-28)22-31(34(40)41)37-30-13-5-4-12-29(30)33(39)25-8-2-1-3-9-25/h1-6,8-17,23,31,36-37H,7,18-22H2,(H,40,41). The molecule has 0 heterocycles. The molecule has 0 saturated carbocycles. The number of carboxylic acid groups (broad SMARTS) is 1. The van der Waals surface area contributed by atoms with Crippen LogP contribution in [0.4, 0.5) is 10.1 Å². The van der Waals surface area contributed by atoms with Gasteiger partial charge in [0.25, 0.3) is 0 Å². The van der Waals surface area contributed by atoms with Gasteiger partial charge in [0, 0.05) is 41.8 Å². The highest BCUT2D eigenvalue weighted by Crippen LogP contribution is 2.22. The molecule has 0 saturated heterocycles. The van der Waals surface area contributed by atoms with E-state index in [4.69, 9.17) is 4.74 Å². The topological polar surface area (TPSA) is 105 Å². The zero-order valence-corrected chi connectivity index (χ0v) is 23.1. The van der Waals surface area contributed by atoms with E-state index in [0.29, 0.717) is 47.8 Å². The van der Waals surface area contributed by atoms with Crippen molar-refractivity contribution in [2.75, 3.05) is 25.0 Å². The second kappa shape index (κ2) is 15.3. The first-order valence-electron chi connectivity index (χ1n) is 13.8. The van der Waals surface area contributed by atoms with E-state index in [9.17, 15) is 23.9 Å². The van der Waals surface area contributed by atoms with Crippen molar-refractivity contribution in [3.05, 3.63) is 131 Å². The van der Waals surface area contributed by atoms with E-state index in [1.807, 2.05) is 18.2 Å². The summed E-state index contributed by atoms with van der Waals surface area (Å²) in [4.78, 5) is 37.2. The second-order valence-electron chi connectivity index (χ2n) is 9.76. The molecule has 0 fully saturated rings. The quantitative estimate of drug-likeness (QED) is 0.116. The van der Waals surface area contributed by atoms with E-state index in [1.165, 1.54) is 18.2 Å². The minimum absolute atomic E-state index is 0.108. The number of aliphatic carboxylic acids is 1. The largest absolute Gasteiger partial charge is 0.494 e. The Bertz CT molecular complexity index is 1490. The van der Waals surface area contributed by atoms with E-state index in [-0.39, 0.29) is 24.4 Å². The van der Waals surface area contributed by atoms with E-state index >= 15 is 0 Å². The van der Waals surface area contributed by atoms with Gasteiger partial charge in [0.1, 0.15) is 17.6 Å². The molecule has 4 aromatic carbocycles. The molecule has 0 amide bonds. The predicted octanol–water partition coefficient (Wildman–Crippen LogP) is 5.80. The average molecular weight is 569 g/mol. The maximum absolute atomic E-state index is 13.3. The van der Waals surface area contributed by atoms with Gasteiger partial charge in [0.15, 0.2) is 11.6 Å². The van der Waals surface area contributed by atoms with Crippen LogP contribution < -0.4 is 15.4 Å². The monoisotopic (exact) mass is 568 g/mol. The fourth-order valence-corrected chi connectivity index (χ4v) is 4.42. The molecule has 1 atom stereocenters. The summed E-state index contributed by atoms with van der Waals surface area (Å²) in [6.45, 7) is 1.62. The van der Waals surface area contributed by atoms with Crippen molar-refractivity contribution in [3.8, 4) is 5.75 Å². The lowest BCUT2D eigenvalue weighted by molar-refractivity contribution is -0.137. The molecule has 0 aliphatic rings. The number of nitrogens with one attached hydrogen (secondary N) is 2. The van der Waals surface area contributed by atoms with Gasteiger partial charge in [-0.25, -0.2) is 9.18 Å². The molecular formula is C34H33FN2O5. The zero-order valence-electron chi connectivity index (χ0n) is 23.1. The van der Waals surface area contributed by atoms with Crippen LogP contribution in [0.15, 0.2) is 103 Å². The molecule has 4 aromatic rings. The van der Waals surface area contributed by atoms with E-state index in [0.717, 1.165) is 12.0 Å². The summed E-state index contributed by atoms with van der Waals surface area (Å²) in [7, 11) is 0. The maximum atomic E-state index is 13.3. The number of para-hydroxylation sites is 1. The first-order chi connectivity index (χ1) is 20.4. The summed E-state index contributed by atoms with van der Waals surface area (Å²) in [6, 6.07) is 27.8. The second-order valence-corrected chi connectivity index (χ2v) is 9.76. The van der Waals surface area contributed by atoms with Crippen molar-refractivity contribution in [2.24, 2.45) is 0 Å². The van der Waals surface area contributed by atoms with Gasteiger partial charge in [0.05, 0.1) is 6.61 Å². The van der Waals surface area contributed by atoms with Gasteiger partial charge in [-0.05, 0) is 54.9 Å². The molecule has 0 aromatic heterocycles. The number of Topliss-reactive ketones (excluding diaryl/α,β-unsaturated/α-hetero) is 1. The molecule has 8 heteroatoms. The third-order valence-corrected chi connectivity index (χ3v) is 6.64. The fourth-order valence-electron chi connectivity index (χ4n) is 4.42. The fraction of sp³-hybridized carbons (Fsp3) is 0.206. The van der Waals surface area contributed by atoms with E-state index in [1.54, 1.807) is 66.7 Å². The van der Waals surface area contributed by atoms with Gasteiger partial charge in [-0.15, -0.1) is 0 Å². The Morgan fingerprint density at radius 3 is 2.26 bits per heavy atom. The van der Waals surface area contributed by atoms with Crippen molar-refractivity contribution in [3.63, 3.8) is 0 Å². The van der Waals surface area contributed by atoms with Gasteiger partial charge in [0.2, 0.25) is 0 Å². The Balaban J connectivity index is 1.22. The van der Waals surface area contributed by atoms with Crippen LogP contribution >= 0.6 is 0 Å². The van der Waals surface area contributed by atoms with Crippen LogP contribution in [0.2, 0.25) is 0 Å². The summed E-state index contributed by atoms with van der Waals surface area (Å²) in [6.07, 6.45) is 1.22. The first-order valence-corrected chi connectivity index (χ1v) is 13.8. The number of rotatable bonds is 16. The van der Waals surface area contributed by atoms with E-state index in [2.05, 4.69) is 10.6 Å². The number of anilines is 1. The highest BCUT2D eigenvalue weighted by Gasteiger charge is 2.21. The molecule has 0 aliphatic carbocycles. The molecule has 4 rings (SSSR count). The summed E-state index contributed by atoms with van der Waals surface area (Å²) in [5.41, 5.74) is 2.58. The Labute approximate surface area is 244 Å². The molecule has 1 unspecified atom stereocenters. The lowest BCUT2D eigenvalue weighted by Crippen LogP contribution is -2.32. The Kier molecular flexibility index (Phi) is 10.9.